The van der Waals surface area contributed by atoms with Gasteiger partial charge in [0.05, 0.1) is 24.4 Å². The largest absolute Gasteiger partial charge is 0.503 e. The Hall–Kier alpha value is -2.77. The molecule has 0 atom stereocenters. The highest BCUT2D eigenvalue weighted by atomic mass is 35.5. The van der Waals surface area contributed by atoms with Crippen LogP contribution in [0, 0.1) is 6.92 Å². The molecule has 0 aliphatic rings. The summed E-state index contributed by atoms with van der Waals surface area (Å²) in [6, 6.07) is 10.4. The summed E-state index contributed by atoms with van der Waals surface area (Å²) in [5, 5.41) is 13.2. The minimum Gasteiger partial charge on any atom is -0.503 e. The first-order valence-electron chi connectivity index (χ1n) is 8.51. The van der Waals surface area contributed by atoms with Crippen molar-refractivity contribution in [2.75, 3.05) is 19.0 Å². The van der Waals surface area contributed by atoms with Crippen LogP contribution in [0.3, 0.4) is 0 Å². The van der Waals surface area contributed by atoms with Gasteiger partial charge in [-0.15, -0.1) is 11.3 Å². The average Bonchev–Trinajstić information content (AvgIpc) is 3.05. The van der Waals surface area contributed by atoms with Gasteiger partial charge in [-0.25, -0.2) is 4.98 Å². The van der Waals surface area contributed by atoms with Gasteiger partial charge in [0, 0.05) is 16.0 Å². The molecule has 2 N–H and O–H groups in total. The van der Waals surface area contributed by atoms with Crippen molar-refractivity contribution in [1.29, 1.82) is 0 Å². The zero-order chi connectivity index (χ0) is 20.3. The van der Waals surface area contributed by atoms with Crippen LogP contribution in [-0.2, 0) is 0 Å². The predicted octanol–water partition coefficient (Wildman–Crippen LogP) is 5.14. The van der Waals surface area contributed by atoms with Gasteiger partial charge in [-0.1, -0.05) is 11.6 Å². The van der Waals surface area contributed by atoms with Crippen LogP contribution in [-0.4, -0.2) is 29.7 Å². The van der Waals surface area contributed by atoms with E-state index in [2.05, 4.69) is 10.3 Å². The molecule has 1 heterocycles. The van der Waals surface area contributed by atoms with E-state index in [4.69, 9.17) is 21.1 Å². The number of thiazole rings is 1. The highest BCUT2D eigenvalue weighted by Gasteiger charge is 2.17. The predicted molar refractivity (Wildman–Crippen MR) is 111 cm³/mol. The molecule has 0 unspecified atom stereocenters. The first-order chi connectivity index (χ1) is 13.4. The van der Waals surface area contributed by atoms with Gasteiger partial charge in [-0.05, 0) is 50.2 Å². The molecule has 2 aromatic carbocycles. The summed E-state index contributed by atoms with van der Waals surface area (Å²) in [6.45, 7) is 4.06. The van der Waals surface area contributed by atoms with Gasteiger partial charge in [0.25, 0.3) is 5.91 Å². The minimum absolute atomic E-state index is 0.0466. The smallest absolute Gasteiger partial charge is 0.257 e. The molecule has 0 radical (unpaired) electrons. The van der Waals surface area contributed by atoms with E-state index in [0.29, 0.717) is 11.7 Å². The SMILES string of the molecule is CCOc1cc(C(=O)Nc2nc(-c3ccc(OC)cc3)c(C)s2)cc(Cl)c1O. The topological polar surface area (TPSA) is 80.7 Å². The van der Waals surface area contributed by atoms with Gasteiger partial charge in [-0.2, -0.15) is 0 Å². The molecule has 0 spiro atoms. The molecular formula is C20H19ClN2O4S. The number of hydrogen-bond acceptors (Lipinski definition) is 6. The van der Waals surface area contributed by atoms with Crippen molar-refractivity contribution >= 4 is 34.0 Å². The maximum absolute atomic E-state index is 12.6. The van der Waals surface area contributed by atoms with Gasteiger partial charge in [0.15, 0.2) is 16.6 Å². The summed E-state index contributed by atoms with van der Waals surface area (Å²) in [4.78, 5) is 18.1. The van der Waals surface area contributed by atoms with Crippen LogP contribution < -0.4 is 14.8 Å². The van der Waals surface area contributed by atoms with Crippen LogP contribution in [0.25, 0.3) is 11.3 Å². The number of aromatic nitrogens is 1. The van der Waals surface area contributed by atoms with Gasteiger partial charge < -0.3 is 14.6 Å². The van der Waals surface area contributed by atoms with Crippen LogP contribution in [0.4, 0.5) is 5.13 Å². The quantitative estimate of drug-likeness (QED) is 0.579. The number of phenols is 1. The zero-order valence-electron chi connectivity index (χ0n) is 15.6. The second kappa shape index (κ2) is 8.50. The van der Waals surface area contributed by atoms with Crippen molar-refractivity contribution in [3.8, 4) is 28.5 Å². The summed E-state index contributed by atoms with van der Waals surface area (Å²) < 4.78 is 10.5. The highest BCUT2D eigenvalue weighted by Crippen LogP contribution is 2.36. The summed E-state index contributed by atoms with van der Waals surface area (Å²) in [7, 11) is 1.61. The lowest BCUT2D eigenvalue weighted by atomic mass is 10.1. The number of hydrogen-bond donors (Lipinski definition) is 2. The highest BCUT2D eigenvalue weighted by molar-refractivity contribution is 7.16. The number of carbonyl (C=O) groups excluding carboxylic acids is 1. The van der Waals surface area contributed by atoms with E-state index in [1.54, 1.807) is 14.0 Å². The molecule has 1 amide bonds. The molecule has 0 fully saturated rings. The number of nitrogens with one attached hydrogen (secondary N) is 1. The number of aromatic hydroxyl groups is 1. The minimum atomic E-state index is -0.391. The Labute approximate surface area is 171 Å². The van der Waals surface area contributed by atoms with E-state index in [-0.39, 0.29) is 22.1 Å². The van der Waals surface area contributed by atoms with Gasteiger partial charge in [-0.3, -0.25) is 10.1 Å². The number of phenolic OH excluding ortho intramolecular Hbond substituents is 1. The van der Waals surface area contributed by atoms with E-state index in [1.165, 1.54) is 23.5 Å². The van der Waals surface area contributed by atoms with E-state index in [1.807, 2.05) is 31.2 Å². The molecule has 0 saturated carbocycles. The number of benzene rings is 2. The van der Waals surface area contributed by atoms with Crippen LogP contribution in [0.5, 0.6) is 17.2 Å². The third-order valence-corrected chi connectivity index (χ3v) is 5.15. The Balaban J connectivity index is 1.83. The third kappa shape index (κ3) is 4.21. The molecule has 146 valence electrons. The second-order valence-electron chi connectivity index (χ2n) is 5.84. The standard InChI is InChI=1S/C20H19ClN2O4S/c1-4-27-16-10-13(9-15(21)18(16)24)19(25)23-20-22-17(11(2)28-20)12-5-7-14(26-3)8-6-12/h5-10,24H,4H2,1-3H3,(H,22,23,25). The van der Waals surface area contributed by atoms with Crippen molar-refractivity contribution in [3.63, 3.8) is 0 Å². The molecule has 28 heavy (non-hydrogen) atoms. The van der Waals surface area contributed by atoms with Crippen LogP contribution in [0.1, 0.15) is 22.2 Å². The van der Waals surface area contributed by atoms with E-state index in [0.717, 1.165) is 21.9 Å². The fourth-order valence-electron chi connectivity index (χ4n) is 2.61. The first-order valence-corrected chi connectivity index (χ1v) is 9.70. The number of carbonyl (C=O) groups is 1. The number of nitrogens with zero attached hydrogens (tertiary/aromatic N) is 1. The fourth-order valence-corrected chi connectivity index (χ4v) is 3.65. The molecule has 0 aliphatic heterocycles. The van der Waals surface area contributed by atoms with Crippen molar-refractivity contribution in [2.24, 2.45) is 0 Å². The number of anilines is 1. The lowest BCUT2D eigenvalue weighted by Gasteiger charge is -2.09. The number of aryl methyl sites for hydroxylation is 1. The molecule has 1 aromatic heterocycles. The Bertz CT molecular complexity index is 1000. The number of amides is 1. The summed E-state index contributed by atoms with van der Waals surface area (Å²) in [5.41, 5.74) is 1.99. The Morgan fingerprint density at radius 2 is 2.00 bits per heavy atom. The van der Waals surface area contributed by atoms with Gasteiger partial charge in [0.1, 0.15) is 5.75 Å². The van der Waals surface area contributed by atoms with Crippen molar-refractivity contribution in [3.05, 3.63) is 51.9 Å². The fraction of sp³-hybridized carbons (Fsp3) is 0.200. The zero-order valence-corrected chi connectivity index (χ0v) is 17.1. The molecule has 0 saturated heterocycles. The van der Waals surface area contributed by atoms with E-state index < -0.39 is 5.91 Å². The maximum atomic E-state index is 12.6. The number of halogens is 1. The molecule has 3 aromatic rings. The Kier molecular flexibility index (Phi) is 6.06. The number of rotatable bonds is 6. The third-order valence-electron chi connectivity index (χ3n) is 3.97. The normalized spacial score (nSPS) is 10.6. The first kappa shape index (κ1) is 20.0. The Morgan fingerprint density at radius 3 is 2.64 bits per heavy atom. The molecule has 3 rings (SSSR count). The molecular weight excluding hydrogens is 400 g/mol. The average molecular weight is 419 g/mol. The summed E-state index contributed by atoms with van der Waals surface area (Å²) in [5.74, 6) is 0.346. The number of ether oxygens (including phenoxy) is 2. The maximum Gasteiger partial charge on any atom is 0.257 e. The lowest BCUT2D eigenvalue weighted by molar-refractivity contribution is 0.102. The van der Waals surface area contributed by atoms with Gasteiger partial charge in [0.2, 0.25) is 0 Å². The molecule has 6 nitrogen and oxygen atoms in total. The Morgan fingerprint density at radius 1 is 1.29 bits per heavy atom. The molecule has 0 bridgehead atoms. The van der Waals surface area contributed by atoms with Crippen LogP contribution >= 0.6 is 22.9 Å². The summed E-state index contributed by atoms with van der Waals surface area (Å²) in [6.07, 6.45) is 0. The van der Waals surface area contributed by atoms with Crippen LogP contribution in [0.15, 0.2) is 36.4 Å². The van der Waals surface area contributed by atoms with Crippen molar-refractivity contribution in [2.45, 2.75) is 13.8 Å². The monoisotopic (exact) mass is 418 g/mol. The number of methoxy groups -OCH3 is 1. The summed E-state index contributed by atoms with van der Waals surface area (Å²) >= 11 is 7.38. The van der Waals surface area contributed by atoms with Crippen molar-refractivity contribution < 1.29 is 19.4 Å². The molecule has 8 heteroatoms. The lowest BCUT2D eigenvalue weighted by Crippen LogP contribution is -2.12. The van der Waals surface area contributed by atoms with Crippen LogP contribution in [0.2, 0.25) is 5.02 Å². The molecule has 0 aliphatic carbocycles. The van der Waals surface area contributed by atoms with Crippen molar-refractivity contribution in [1.82, 2.24) is 4.98 Å². The van der Waals surface area contributed by atoms with E-state index >= 15 is 0 Å². The second-order valence-corrected chi connectivity index (χ2v) is 7.45. The van der Waals surface area contributed by atoms with Gasteiger partial charge >= 0.3 is 0 Å². The van der Waals surface area contributed by atoms with E-state index in [9.17, 15) is 9.90 Å².